The first-order valence-corrected chi connectivity index (χ1v) is 11.5. The molecule has 4 heteroatoms. The molecule has 0 bridgehead atoms. The summed E-state index contributed by atoms with van der Waals surface area (Å²) in [7, 11) is 0.330. The summed E-state index contributed by atoms with van der Waals surface area (Å²) in [6.45, 7) is 19.3. The molecule has 1 aliphatic carbocycles. The van der Waals surface area contributed by atoms with Crippen LogP contribution < -0.4 is 4.74 Å². The number of ether oxygens (including phenoxy) is 1. The van der Waals surface area contributed by atoms with Crippen LogP contribution in [0, 0.1) is 11.3 Å². The molecule has 1 aromatic carbocycles. The third-order valence-electron chi connectivity index (χ3n) is 5.84. The van der Waals surface area contributed by atoms with Gasteiger partial charge in [0, 0.05) is 22.4 Å². The Kier molecular flexibility index (Phi) is 6.27. The van der Waals surface area contributed by atoms with Gasteiger partial charge in [-0.05, 0) is 40.7 Å². The Bertz CT molecular complexity index is 738. The summed E-state index contributed by atoms with van der Waals surface area (Å²) in [6, 6.07) is 4.02. The van der Waals surface area contributed by atoms with Gasteiger partial charge in [-0.1, -0.05) is 62.3 Å². The van der Waals surface area contributed by atoms with Crippen LogP contribution in [0.3, 0.4) is 0 Å². The summed E-state index contributed by atoms with van der Waals surface area (Å²) in [4.78, 5) is 13.5. The zero-order valence-electron chi connectivity index (χ0n) is 19.4. The van der Waals surface area contributed by atoms with Gasteiger partial charge in [0.1, 0.15) is 16.8 Å². The van der Waals surface area contributed by atoms with Crippen molar-refractivity contribution in [2.75, 3.05) is 7.11 Å². The van der Waals surface area contributed by atoms with E-state index in [0.29, 0.717) is 6.42 Å². The molecule has 3 nitrogen and oxygen atoms in total. The minimum absolute atomic E-state index is 0.0430. The van der Waals surface area contributed by atoms with Crippen LogP contribution >= 0.6 is 0 Å². The van der Waals surface area contributed by atoms with Crippen molar-refractivity contribution in [2.45, 2.75) is 96.1 Å². The molecule has 1 aromatic rings. The van der Waals surface area contributed by atoms with Crippen molar-refractivity contribution < 1.29 is 13.7 Å². The first-order chi connectivity index (χ1) is 12.6. The standard InChI is InChI=1S/C24H38O3S/c1-22(2,3)16-11-12-19(25)21(16)28(26)15-13-17(23(4,5)6)20(27-10)18(14-15)24(7,8)9/h13-14,16,21H,11-12H2,1-10H3/t16-,21+,28?/m1/s1. The predicted molar refractivity (Wildman–Crippen MR) is 118 cm³/mol. The number of ketones is 1. The number of rotatable bonds is 3. The fourth-order valence-electron chi connectivity index (χ4n) is 4.17. The third-order valence-corrected chi connectivity index (χ3v) is 7.60. The van der Waals surface area contributed by atoms with Crippen molar-refractivity contribution in [3.8, 4) is 5.75 Å². The Morgan fingerprint density at radius 3 is 1.75 bits per heavy atom. The van der Waals surface area contributed by atoms with Crippen LogP contribution in [0.1, 0.15) is 86.3 Å². The zero-order valence-corrected chi connectivity index (χ0v) is 20.2. The quantitative estimate of drug-likeness (QED) is 0.638. The Morgan fingerprint density at radius 1 is 0.929 bits per heavy atom. The van der Waals surface area contributed by atoms with Crippen molar-refractivity contribution >= 4 is 16.6 Å². The van der Waals surface area contributed by atoms with Crippen molar-refractivity contribution in [1.82, 2.24) is 0 Å². The van der Waals surface area contributed by atoms with Crippen LogP contribution in [-0.4, -0.2) is 22.4 Å². The lowest BCUT2D eigenvalue weighted by atomic mass is 9.79. The van der Waals surface area contributed by atoms with Gasteiger partial charge in [0.15, 0.2) is 0 Å². The van der Waals surface area contributed by atoms with Crippen LogP contribution in [0.4, 0.5) is 0 Å². The molecule has 158 valence electrons. The Morgan fingerprint density at radius 2 is 1.39 bits per heavy atom. The van der Waals surface area contributed by atoms with E-state index in [0.717, 1.165) is 28.2 Å². The lowest BCUT2D eigenvalue weighted by molar-refractivity contribution is -0.117. The Labute approximate surface area is 174 Å². The highest BCUT2D eigenvalue weighted by molar-refractivity contribution is 7.86. The van der Waals surface area contributed by atoms with E-state index in [4.69, 9.17) is 4.74 Å². The van der Waals surface area contributed by atoms with Crippen LogP contribution in [0.25, 0.3) is 0 Å². The molecule has 1 saturated carbocycles. The molecule has 1 unspecified atom stereocenters. The SMILES string of the molecule is COc1c(C(C)(C)C)cc(S(=O)[C@@H]2C(=O)CC[C@H]2C(C)(C)C)cc1C(C)(C)C. The van der Waals surface area contributed by atoms with Crippen molar-refractivity contribution in [3.05, 3.63) is 23.3 Å². The number of methoxy groups -OCH3 is 1. The van der Waals surface area contributed by atoms with Gasteiger partial charge in [-0.25, -0.2) is 0 Å². The van der Waals surface area contributed by atoms with Gasteiger partial charge in [0.25, 0.3) is 0 Å². The second kappa shape index (κ2) is 7.59. The highest BCUT2D eigenvalue weighted by Gasteiger charge is 2.45. The van der Waals surface area contributed by atoms with E-state index >= 15 is 0 Å². The molecule has 1 fully saturated rings. The van der Waals surface area contributed by atoms with Gasteiger partial charge < -0.3 is 4.74 Å². The molecule has 1 aliphatic rings. The normalized spacial score (nSPS) is 22.4. The molecule has 0 radical (unpaired) electrons. The molecule has 0 amide bonds. The van der Waals surface area contributed by atoms with Crippen molar-refractivity contribution in [2.24, 2.45) is 11.3 Å². The minimum Gasteiger partial charge on any atom is -0.496 e. The summed E-state index contributed by atoms with van der Waals surface area (Å²) in [6.07, 6.45) is 1.36. The van der Waals surface area contributed by atoms with Gasteiger partial charge in [0.2, 0.25) is 0 Å². The lowest BCUT2D eigenvalue weighted by Gasteiger charge is -2.32. The van der Waals surface area contributed by atoms with E-state index < -0.39 is 16.0 Å². The molecule has 0 saturated heterocycles. The summed E-state index contributed by atoms with van der Waals surface area (Å²) in [5.41, 5.74) is 1.73. The smallest absolute Gasteiger partial charge is 0.149 e. The Balaban J connectivity index is 2.68. The average molecular weight is 407 g/mol. The number of benzene rings is 1. The largest absolute Gasteiger partial charge is 0.496 e. The highest BCUT2D eigenvalue weighted by Crippen LogP contribution is 2.45. The number of carbonyl (C=O) groups excluding carboxylic acids is 1. The Hall–Kier alpha value is -1.16. The van der Waals surface area contributed by atoms with Gasteiger partial charge in [-0.2, -0.15) is 0 Å². The van der Waals surface area contributed by atoms with Gasteiger partial charge in [-0.3, -0.25) is 9.00 Å². The van der Waals surface area contributed by atoms with Crippen LogP contribution in [-0.2, 0) is 26.4 Å². The maximum absolute atomic E-state index is 13.7. The van der Waals surface area contributed by atoms with Crippen molar-refractivity contribution in [3.63, 3.8) is 0 Å². The number of Topliss-reactive ketones (excluding diaryl/α,β-unsaturated/α-hetero) is 1. The first kappa shape index (κ1) is 23.1. The third kappa shape index (κ3) is 4.53. The molecule has 0 spiro atoms. The summed E-state index contributed by atoms with van der Waals surface area (Å²) < 4.78 is 19.5. The molecule has 3 atom stereocenters. The number of hydrogen-bond donors (Lipinski definition) is 0. The maximum Gasteiger partial charge on any atom is 0.149 e. The van der Waals surface area contributed by atoms with Gasteiger partial charge in [0.05, 0.1) is 17.9 Å². The summed E-state index contributed by atoms with van der Waals surface area (Å²) in [5.74, 6) is 1.15. The molecular weight excluding hydrogens is 368 g/mol. The average Bonchev–Trinajstić information content (AvgIpc) is 2.93. The molecule has 0 aliphatic heterocycles. The summed E-state index contributed by atoms with van der Waals surface area (Å²) >= 11 is 0. The van der Waals surface area contributed by atoms with Crippen molar-refractivity contribution in [1.29, 1.82) is 0 Å². The predicted octanol–water partition coefficient (Wildman–Crippen LogP) is 5.79. The van der Waals surface area contributed by atoms with E-state index in [1.165, 1.54) is 0 Å². The van der Waals surface area contributed by atoms with Crippen LogP contribution in [0.2, 0.25) is 0 Å². The monoisotopic (exact) mass is 406 g/mol. The molecule has 28 heavy (non-hydrogen) atoms. The maximum atomic E-state index is 13.7. The molecular formula is C24H38O3S. The second-order valence-corrected chi connectivity index (χ2v) is 12.8. The summed E-state index contributed by atoms with van der Waals surface area (Å²) in [5, 5.41) is -0.422. The number of hydrogen-bond acceptors (Lipinski definition) is 3. The highest BCUT2D eigenvalue weighted by atomic mass is 32.2. The topological polar surface area (TPSA) is 43.4 Å². The number of carbonyl (C=O) groups is 1. The molecule has 0 heterocycles. The first-order valence-electron chi connectivity index (χ1n) is 10.3. The lowest BCUT2D eigenvalue weighted by Crippen LogP contribution is -2.35. The molecule has 0 aromatic heterocycles. The fourth-order valence-corrected chi connectivity index (χ4v) is 6.13. The molecule has 0 N–H and O–H groups in total. The van der Waals surface area contributed by atoms with Crippen LogP contribution in [0.5, 0.6) is 5.75 Å². The van der Waals surface area contributed by atoms with E-state index in [1.54, 1.807) is 7.11 Å². The van der Waals surface area contributed by atoms with E-state index in [-0.39, 0.29) is 27.9 Å². The van der Waals surface area contributed by atoms with Crippen LogP contribution in [0.15, 0.2) is 17.0 Å². The van der Waals surface area contributed by atoms with Gasteiger partial charge in [-0.15, -0.1) is 0 Å². The minimum atomic E-state index is -1.37. The van der Waals surface area contributed by atoms with E-state index in [1.807, 2.05) is 12.1 Å². The van der Waals surface area contributed by atoms with E-state index in [9.17, 15) is 9.00 Å². The van der Waals surface area contributed by atoms with Gasteiger partial charge >= 0.3 is 0 Å². The van der Waals surface area contributed by atoms with E-state index in [2.05, 4.69) is 62.3 Å². The molecule has 2 rings (SSSR count). The zero-order chi connectivity index (χ0) is 21.7. The fraction of sp³-hybridized carbons (Fsp3) is 0.708. The second-order valence-electron chi connectivity index (χ2n) is 11.2.